The summed E-state index contributed by atoms with van der Waals surface area (Å²) in [7, 11) is 0. The molecular weight excluding hydrogens is 492 g/mol. The Balaban J connectivity index is 1.42. The molecule has 1 aromatic heterocycles. The highest BCUT2D eigenvalue weighted by molar-refractivity contribution is 6.31. The zero-order valence-electron chi connectivity index (χ0n) is 20.1. The van der Waals surface area contributed by atoms with Crippen LogP contribution >= 0.6 is 11.6 Å². The lowest BCUT2D eigenvalue weighted by Crippen LogP contribution is -2.17. The SMILES string of the molecule is Cc1noc(-c2ccc3c(ccc4cc(CC(=O)O)ccc43)c2)c1NC(=O)OC(C)c1ccccc1Cl. The van der Waals surface area contributed by atoms with Crippen molar-refractivity contribution in [2.45, 2.75) is 26.4 Å². The summed E-state index contributed by atoms with van der Waals surface area (Å²) in [6.45, 7) is 3.49. The van der Waals surface area contributed by atoms with Crippen molar-refractivity contribution >= 4 is 50.9 Å². The average molecular weight is 515 g/mol. The number of ether oxygens (including phenoxy) is 1. The highest BCUT2D eigenvalue weighted by Gasteiger charge is 2.21. The van der Waals surface area contributed by atoms with Gasteiger partial charge in [0.05, 0.1) is 6.42 Å². The molecular formula is C29H23ClN2O5. The quantitative estimate of drug-likeness (QED) is 0.227. The molecule has 7 nitrogen and oxygen atoms in total. The average Bonchev–Trinajstić information content (AvgIpc) is 3.22. The molecule has 0 saturated heterocycles. The van der Waals surface area contributed by atoms with Crippen LogP contribution in [0.3, 0.4) is 0 Å². The Hall–Kier alpha value is -4.36. The molecule has 5 aromatic rings. The predicted octanol–water partition coefficient (Wildman–Crippen LogP) is 7.55. The number of fused-ring (bicyclic) bond motifs is 3. The second-order valence-electron chi connectivity index (χ2n) is 8.79. The predicted molar refractivity (Wildman–Crippen MR) is 143 cm³/mol. The van der Waals surface area contributed by atoms with Gasteiger partial charge in [-0.15, -0.1) is 0 Å². The number of aliphatic carboxylic acids is 1. The number of nitrogens with one attached hydrogen (secondary N) is 1. The van der Waals surface area contributed by atoms with E-state index >= 15 is 0 Å². The number of carbonyl (C=O) groups excluding carboxylic acids is 1. The lowest BCUT2D eigenvalue weighted by molar-refractivity contribution is -0.136. The Morgan fingerprint density at radius 1 is 1.03 bits per heavy atom. The zero-order valence-corrected chi connectivity index (χ0v) is 20.9. The van der Waals surface area contributed by atoms with E-state index < -0.39 is 18.2 Å². The van der Waals surface area contributed by atoms with Gasteiger partial charge in [0.25, 0.3) is 0 Å². The van der Waals surface area contributed by atoms with Crippen LogP contribution in [0, 0.1) is 6.92 Å². The van der Waals surface area contributed by atoms with Crippen molar-refractivity contribution in [2.75, 3.05) is 5.32 Å². The number of carboxylic acid groups (broad SMARTS) is 1. The first-order valence-corrected chi connectivity index (χ1v) is 12.0. The van der Waals surface area contributed by atoms with Gasteiger partial charge in [-0.2, -0.15) is 0 Å². The van der Waals surface area contributed by atoms with Gasteiger partial charge in [0.1, 0.15) is 17.5 Å². The van der Waals surface area contributed by atoms with Crippen LogP contribution in [-0.4, -0.2) is 22.3 Å². The highest BCUT2D eigenvalue weighted by Crippen LogP contribution is 2.35. The van der Waals surface area contributed by atoms with E-state index in [1.807, 2.05) is 66.7 Å². The molecule has 0 aliphatic rings. The number of anilines is 1. The highest BCUT2D eigenvalue weighted by atomic mass is 35.5. The topological polar surface area (TPSA) is 102 Å². The monoisotopic (exact) mass is 514 g/mol. The number of aromatic nitrogens is 1. The molecule has 4 aromatic carbocycles. The molecule has 0 aliphatic carbocycles. The van der Waals surface area contributed by atoms with Crippen LogP contribution in [0.5, 0.6) is 0 Å². The number of hydrogen-bond donors (Lipinski definition) is 2. The molecule has 5 rings (SSSR count). The number of hydrogen-bond acceptors (Lipinski definition) is 5. The maximum Gasteiger partial charge on any atom is 0.412 e. The summed E-state index contributed by atoms with van der Waals surface area (Å²) in [6.07, 6.45) is -1.22. The summed E-state index contributed by atoms with van der Waals surface area (Å²) in [5.74, 6) is -0.447. The second-order valence-corrected chi connectivity index (χ2v) is 9.20. The van der Waals surface area contributed by atoms with Gasteiger partial charge in [0, 0.05) is 16.1 Å². The molecule has 1 unspecified atom stereocenters. The van der Waals surface area contributed by atoms with E-state index in [1.165, 1.54) is 0 Å². The van der Waals surface area contributed by atoms with E-state index in [-0.39, 0.29) is 6.42 Å². The van der Waals surface area contributed by atoms with Gasteiger partial charge in [-0.25, -0.2) is 4.79 Å². The minimum Gasteiger partial charge on any atom is -0.481 e. The molecule has 0 saturated carbocycles. The third kappa shape index (κ3) is 4.99. The van der Waals surface area contributed by atoms with E-state index in [4.69, 9.17) is 26.0 Å². The molecule has 0 aliphatic heterocycles. The van der Waals surface area contributed by atoms with E-state index in [1.54, 1.807) is 19.9 Å². The van der Waals surface area contributed by atoms with E-state index in [9.17, 15) is 9.59 Å². The fourth-order valence-corrected chi connectivity index (χ4v) is 4.71. The van der Waals surface area contributed by atoms with Crippen molar-refractivity contribution in [3.63, 3.8) is 0 Å². The van der Waals surface area contributed by atoms with Crippen LogP contribution in [-0.2, 0) is 16.0 Å². The normalized spacial score (nSPS) is 12.0. The van der Waals surface area contributed by atoms with Gasteiger partial charge >= 0.3 is 12.1 Å². The lowest BCUT2D eigenvalue weighted by atomic mass is 9.97. The molecule has 186 valence electrons. The molecule has 0 bridgehead atoms. The van der Waals surface area contributed by atoms with E-state index in [0.29, 0.717) is 27.7 Å². The number of nitrogens with zero attached hydrogens (tertiary/aromatic N) is 1. The van der Waals surface area contributed by atoms with Crippen LogP contribution < -0.4 is 5.32 Å². The first kappa shape index (κ1) is 24.3. The molecule has 1 heterocycles. The molecule has 0 fully saturated rings. The van der Waals surface area contributed by atoms with Crippen LogP contribution in [0.2, 0.25) is 5.02 Å². The summed E-state index contributed by atoms with van der Waals surface area (Å²) in [5, 5.41) is 20.4. The molecule has 0 spiro atoms. The standard InChI is InChI=1S/C29H23ClN2O5/c1-16-27(31-29(35)36-17(2)22-5-3-4-6-25(22)30)28(37-32-16)21-10-12-24-20(15-21)9-8-19-13-18(14-26(33)34)7-11-23(19)24/h3-13,15,17H,14H2,1-2H3,(H,31,35)(H,33,34). The summed E-state index contributed by atoms with van der Waals surface area (Å²) in [5.41, 5.74) is 3.14. The lowest BCUT2D eigenvalue weighted by Gasteiger charge is -2.15. The number of carboxylic acids is 1. The van der Waals surface area contributed by atoms with Crippen LogP contribution in [0.25, 0.3) is 32.9 Å². The van der Waals surface area contributed by atoms with E-state index in [2.05, 4.69) is 10.5 Å². The number of carbonyl (C=O) groups is 2. The fraction of sp³-hybridized carbons (Fsp3) is 0.138. The molecule has 37 heavy (non-hydrogen) atoms. The Kier molecular flexibility index (Phi) is 6.54. The third-order valence-electron chi connectivity index (χ3n) is 6.23. The Morgan fingerprint density at radius 3 is 2.46 bits per heavy atom. The van der Waals surface area contributed by atoms with Crippen molar-refractivity contribution in [1.82, 2.24) is 5.16 Å². The van der Waals surface area contributed by atoms with Gasteiger partial charge in [-0.3, -0.25) is 10.1 Å². The summed E-state index contributed by atoms with van der Waals surface area (Å²) >= 11 is 6.23. The number of benzene rings is 4. The molecule has 0 radical (unpaired) electrons. The van der Waals surface area contributed by atoms with Crippen LogP contribution in [0.1, 0.15) is 29.8 Å². The van der Waals surface area contributed by atoms with Gasteiger partial charge < -0.3 is 14.4 Å². The largest absolute Gasteiger partial charge is 0.481 e. The van der Waals surface area contributed by atoms with Crippen molar-refractivity contribution in [1.29, 1.82) is 0 Å². The molecule has 2 N–H and O–H groups in total. The molecule has 1 amide bonds. The van der Waals surface area contributed by atoms with Gasteiger partial charge in [-0.05, 0) is 53.1 Å². The fourth-order valence-electron chi connectivity index (χ4n) is 4.42. The van der Waals surface area contributed by atoms with Crippen molar-refractivity contribution in [2.24, 2.45) is 0 Å². The van der Waals surface area contributed by atoms with Crippen LogP contribution in [0.15, 0.2) is 77.3 Å². The molecule has 1 atom stereocenters. The van der Waals surface area contributed by atoms with Gasteiger partial charge in [0.15, 0.2) is 5.76 Å². The Labute approximate surface area is 217 Å². The first-order chi connectivity index (χ1) is 17.8. The maximum absolute atomic E-state index is 12.7. The summed E-state index contributed by atoms with van der Waals surface area (Å²) in [4.78, 5) is 23.8. The van der Waals surface area contributed by atoms with Gasteiger partial charge in [-0.1, -0.05) is 77.4 Å². The first-order valence-electron chi connectivity index (χ1n) is 11.7. The summed E-state index contributed by atoms with van der Waals surface area (Å²) in [6, 6.07) is 22.6. The number of halogens is 1. The van der Waals surface area contributed by atoms with E-state index in [0.717, 1.165) is 32.7 Å². The van der Waals surface area contributed by atoms with Crippen LogP contribution in [0.4, 0.5) is 10.5 Å². The Morgan fingerprint density at radius 2 is 1.73 bits per heavy atom. The molecule has 8 heteroatoms. The smallest absolute Gasteiger partial charge is 0.412 e. The minimum atomic E-state index is -0.862. The summed E-state index contributed by atoms with van der Waals surface area (Å²) < 4.78 is 11.1. The second kappa shape index (κ2) is 9.95. The minimum absolute atomic E-state index is 0.0207. The number of amides is 1. The number of rotatable bonds is 6. The number of aryl methyl sites for hydroxylation is 1. The van der Waals surface area contributed by atoms with Crippen molar-refractivity contribution in [3.05, 3.63) is 94.6 Å². The maximum atomic E-state index is 12.7. The zero-order chi connectivity index (χ0) is 26.1. The third-order valence-corrected chi connectivity index (χ3v) is 6.58. The van der Waals surface area contributed by atoms with Crippen molar-refractivity contribution in [3.8, 4) is 11.3 Å². The van der Waals surface area contributed by atoms with Crippen molar-refractivity contribution < 1.29 is 24.0 Å². The Bertz CT molecular complexity index is 1660. The van der Waals surface area contributed by atoms with Gasteiger partial charge in [0.2, 0.25) is 0 Å².